The van der Waals surface area contributed by atoms with Crippen LogP contribution in [0.1, 0.15) is 43.5 Å². The number of methoxy groups -OCH3 is 1. The molecule has 3 aromatic rings. The molecule has 0 aliphatic heterocycles. The van der Waals surface area contributed by atoms with Crippen molar-refractivity contribution in [2.24, 2.45) is 5.92 Å². The summed E-state index contributed by atoms with van der Waals surface area (Å²) in [5.74, 6) is -2.79. The lowest BCUT2D eigenvalue weighted by Gasteiger charge is -2.32. The van der Waals surface area contributed by atoms with Gasteiger partial charge in [0, 0.05) is 16.8 Å². The fourth-order valence-electron chi connectivity index (χ4n) is 3.88. The molecule has 0 fully saturated rings. The number of fused-ring (bicyclic) bond motifs is 1. The van der Waals surface area contributed by atoms with Crippen LogP contribution in [0.5, 0.6) is 5.75 Å². The Hall–Kier alpha value is -2.54. The van der Waals surface area contributed by atoms with Gasteiger partial charge in [-0.2, -0.15) is 13.2 Å². The predicted octanol–water partition coefficient (Wildman–Crippen LogP) is 7.87. The van der Waals surface area contributed by atoms with Crippen molar-refractivity contribution in [1.29, 1.82) is 0 Å². The van der Waals surface area contributed by atoms with E-state index in [2.05, 4.69) is 10.3 Å². The molecule has 32 heavy (non-hydrogen) atoms. The third-order valence-corrected chi connectivity index (χ3v) is 5.79. The van der Waals surface area contributed by atoms with E-state index in [-0.39, 0.29) is 22.8 Å². The molecule has 8 heteroatoms. The number of hydrogen-bond acceptors (Lipinski definition) is 3. The van der Waals surface area contributed by atoms with Crippen molar-refractivity contribution >= 4 is 28.2 Å². The van der Waals surface area contributed by atoms with Crippen LogP contribution in [0.15, 0.2) is 42.5 Å². The lowest BCUT2D eigenvalue weighted by Crippen LogP contribution is -2.34. The number of hydrogen-bond donors (Lipinski definition) is 1. The number of anilines is 1. The maximum absolute atomic E-state index is 15.2. The fourth-order valence-corrected chi connectivity index (χ4v) is 4.05. The Labute approximate surface area is 189 Å². The molecule has 2 unspecified atom stereocenters. The summed E-state index contributed by atoms with van der Waals surface area (Å²) >= 11 is 5.98. The number of nitrogens with zero attached hydrogens (tertiary/aromatic N) is 1. The highest BCUT2D eigenvalue weighted by Crippen LogP contribution is 2.46. The van der Waals surface area contributed by atoms with Crippen molar-refractivity contribution in [2.45, 2.75) is 45.3 Å². The van der Waals surface area contributed by atoms with E-state index < -0.39 is 24.0 Å². The van der Waals surface area contributed by atoms with Crippen molar-refractivity contribution < 1.29 is 22.3 Å². The summed E-state index contributed by atoms with van der Waals surface area (Å²) < 4.78 is 63.3. The first-order chi connectivity index (χ1) is 15.2. The lowest BCUT2D eigenvalue weighted by molar-refractivity contribution is -0.181. The average Bonchev–Trinajstić information content (AvgIpc) is 2.74. The van der Waals surface area contributed by atoms with Crippen LogP contribution >= 0.6 is 11.6 Å². The number of benzene rings is 2. The normalized spacial score (nSPS) is 13.8. The fraction of sp³-hybridized carbons (Fsp3) is 0.375. The molecule has 0 saturated carbocycles. The van der Waals surface area contributed by atoms with Crippen molar-refractivity contribution in [3.8, 4) is 5.75 Å². The van der Waals surface area contributed by atoms with E-state index in [1.54, 1.807) is 30.3 Å². The van der Waals surface area contributed by atoms with Gasteiger partial charge in [-0.15, -0.1) is 0 Å². The van der Waals surface area contributed by atoms with E-state index in [1.807, 2.05) is 13.8 Å². The number of halogens is 5. The molecule has 2 atom stereocenters. The Balaban J connectivity index is 2.21. The van der Waals surface area contributed by atoms with Gasteiger partial charge in [-0.05, 0) is 49.7 Å². The van der Waals surface area contributed by atoms with Gasteiger partial charge in [0.25, 0.3) is 0 Å². The molecule has 0 spiro atoms. The van der Waals surface area contributed by atoms with E-state index in [4.69, 9.17) is 16.3 Å². The van der Waals surface area contributed by atoms with Gasteiger partial charge in [0.15, 0.2) is 5.82 Å². The van der Waals surface area contributed by atoms with E-state index in [0.29, 0.717) is 29.4 Å². The Bertz CT molecular complexity index is 1090. The van der Waals surface area contributed by atoms with Gasteiger partial charge in [0.1, 0.15) is 5.75 Å². The number of pyridine rings is 1. The zero-order chi connectivity index (χ0) is 23.5. The first kappa shape index (κ1) is 24.1. The third kappa shape index (κ3) is 5.09. The quantitative estimate of drug-likeness (QED) is 0.341. The molecule has 3 nitrogen and oxygen atoms in total. The van der Waals surface area contributed by atoms with Crippen molar-refractivity contribution in [3.63, 3.8) is 0 Å². The van der Waals surface area contributed by atoms with Gasteiger partial charge in [0.05, 0.1) is 35.2 Å². The molecule has 0 radical (unpaired) electrons. The maximum atomic E-state index is 15.2. The van der Waals surface area contributed by atoms with E-state index in [9.17, 15) is 13.2 Å². The number of nitrogens with one attached hydrogen (secondary N) is 1. The first-order valence-electron chi connectivity index (χ1n) is 10.4. The highest BCUT2D eigenvalue weighted by Gasteiger charge is 2.46. The summed E-state index contributed by atoms with van der Waals surface area (Å²) in [6.45, 7) is 3.65. The van der Waals surface area contributed by atoms with Crippen LogP contribution in [0.4, 0.5) is 23.2 Å². The number of aromatic nitrogens is 1. The SMILES string of the molecule is CCCCC(C(Nc1cccc2nc(C)ccc12)c1c(OC)ccc(Cl)c1F)C(F)(F)F. The topological polar surface area (TPSA) is 34.2 Å². The molecule has 0 amide bonds. The van der Waals surface area contributed by atoms with Crippen molar-refractivity contribution in [3.05, 3.63) is 64.6 Å². The van der Waals surface area contributed by atoms with Gasteiger partial charge < -0.3 is 10.1 Å². The first-order valence-corrected chi connectivity index (χ1v) is 10.8. The maximum Gasteiger partial charge on any atom is 0.394 e. The molecule has 1 heterocycles. The second kappa shape index (κ2) is 9.94. The minimum absolute atomic E-state index is 0.00403. The van der Waals surface area contributed by atoms with Crippen LogP contribution in [0.25, 0.3) is 10.9 Å². The summed E-state index contributed by atoms with van der Waals surface area (Å²) in [5.41, 5.74) is 1.59. The van der Waals surface area contributed by atoms with Gasteiger partial charge in [-0.1, -0.05) is 37.4 Å². The number of unbranched alkanes of at least 4 members (excludes halogenated alkanes) is 1. The van der Waals surface area contributed by atoms with Crippen molar-refractivity contribution in [1.82, 2.24) is 4.98 Å². The van der Waals surface area contributed by atoms with Crippen LogP contribution in [-0.2, 0) is 0 Å². The average molecular weight is 469 g/mol. The highest BCUT2D eigenvalue weighted by atomic mass is 35.5. The Kier molecular flexibility index (Phi) is 7.49. The Morgan fingerprint density at radius 2 is 1.88 bits per heavy atom. The summed E-state index contributed by atoms with van der Waals surface area (Å²) in [6.07, 6.45) is -3.84. The molecule has 0 saturated heterocycles. The van der Waals surface area contributed by atoms with Crippen LogP contribution in [0.2, 0.25) is 5.02 Å². The second-order valence-corrected chi connectivity index (χ2v) is 8.12. The van der Waals surface area contributed by atoms with E-state index >= 15 is 4.39 Å². The standard InChI is InChI=1S/C24H25ClF4N2O/c1-4-5-7-16(24(27,28)29)23(21-20(32-3)13-12-17(25)22(21)26)31-19-9-6-8-18-15(19)11-10-14(2)30-18/h6,8-13,16,23,31H,4-5,7H2,1-3H3. The van der Waals surface area contributed by atoms with Crippen LogP contribution in [-0.4, -0.2) is 18.3 Å². The number of rotatable bonds is 8. The molecule has 0 bridgehead atoms. The molecule has 172 valence electrons. The number of ether oxygens (including phenoxy) is 1. The minimum Gasteiger partial charge on any atom is -0.496 e. The molecular weight excluding hydrogens is 444 g/mol. The van der Waals surface area contributed by atoms with E-state index in [0.717, 1.165) is 5.69 Å². The van der Waals surface area contributed by atoms with Gasteiger partial charge in [0.2, 0.25) is 0 Å². The molecule has 0 aliphatic carbocycles. The summed E-state index contributed by atoms with van der Waals surface area (Å²) in [4.78, 5) is 4.44. The predicted molar refractivity (Wildman–Crippen MR) is 120 cm³/mol. The minimum atomic E-state index is -4.58. The zero-order valence-corrected chi connectivity index (χ0v) is 18.8. The Morgan fingerprint density at radius 1 is 1.12 bits per heavy atom. The smallest absolute Gasteiger partial charge is 0.394 e. The molecule has 3 rings (SSSR count). The van der Waals surface area contributed by atoms with Crippen LogP contribution in [0, 0.1) is 18.7 Å². The van der Waals surface area contributed by atoms with Gasteiger partial charge in [-0.25, -0.2) is 4.39 Å². The molecular formula is C24H25ClF4N2O. The van der Waals surface area contributed by atoms with Gasteiger partial charge >= 0.3 is 6.18 Å². The summed E-state index contributed by atoms with van der Waals surface area (Å²) in [5, 5.41) is 3.35. The molecule has 1 N–H and O–H groups in total. The van der Waals surface area contributed by atoms with Crippen LogP contribution in [0.3, 0.4) is 0 Å². The van der Waals surface area contributed by atoms with Crippen molar-refractivity contribution in [2.75, 3.05) is 12.4 Å². The third-order valence-electron chi connectivity index (χ3n) is 5.50. The molecule has 0 aliphatic rings. The zero-order valence-electron chi connectivity index (χ0n) is 18.1. The molecule has 2 aromatic carbocycles. The highest BCUT2D eigenvalue weighted by molar-refractivity contribution is 6.30. The molecule has 1 aromatic heterocycles. The van der Waals surface area contributed by atoms with Crippen LogP contribution < -0.4 is 10.1 Å². The van der Waals surface area contributed by atoms with Gasteiger partial charge in [-0.3, -0.25) is 4.98 Å². The largest absolute Gasteiger partial charge is 0.496 e. The monoisotopic (exact) mass is 468 g/mol. The summed E-state index contributed by atoms with van der Waals surface area (Å²) in [7, 11) is 1.29. The lowest BCUT2D eigenvalue weighted by atomic mass is 9.87. The number of aryl methyl sites for hydroxylation is 1. The second-order valence-electron chi connectivity index (χ2n) is 7.71. The Morgan fingerprint density at radius 3 is 2.53 bits per heavy atom. The van der Waals surface area contributed by atoms with E-state index in [1.165, 1.54) is 19.2 Å². The number of alkyl halides is 3. The summed E-state index contributed by atoms with van der Waals surface area (Å²) in [6, 6.07) is 9.91.